The molecule has 0 fully saturated rings. The van der Waals surface area contributed by atoms with Crippen LogP contribution in [-0.2, 0) is 12.2 Å². The molecule has 0 aliphatic carbocycles. The smallest absolute Gasteiger partial charge is 0.228 e. The molecule has 0 saturated heterocycles. The van der Waals surface area contributed by atoms with Crippen LogP contribution in [0.4, 0.5) is 5.69 Å². The molecule has 0 saturated carbocycles. The first-order chi connectivity index (χ1) is 8.88. The van der Waals surface area contributed by atoms with Gasteiger partial charge in [0, 0.05) is 18.7 Å². The number of nitrogens with one attached hydrogen (secondary N) is 1. The second-order valence-electron chi connectivity index (χ2n) is 3.78. The summed E-state index contributed by atoms with van der Waals surface area (Å²) >= 11 is 1.79. The first-order valence-corrected chi connectivity index (χ1v) is 7.22. The lowest BCUT2D eigenvalue weighted by molar-refractivity contribution is 0.376. The zero-order valence-corrected chi connectivity index (χ0v) is 11.2. The van der Waals surface area contributed by atoms with E-state index in [1.165, 1.54) is 0 Å². The van der Waals surface area contributed by atoms with Crippen LogP contribution in [0.5, 0.6) is 0 Å². The number of aromatic nitrogens is 2. The van der Waals surface area contributed by atoms with Gasteiger partial charge in [-0.3, -0.25) is 0 Å². The Morgan fingerprint density at radius 1 is 1.28 bits per heavy atom. The van der Waals surface area contributed by atoms with Crippen LogP contribution in [0.3, 0.4) is 0 Å². The van der Waals surface area contributed by atoms with Gasteiger partial charge in [-0.15, -0.1) is 0 Å². The van der Waals surface area contributed by atoms with Crippen LogP contribution in [0, 0.1) is 0 Å². The highest BCUT2D eigenvalue weighted by atomic mass is 32.2. The summed E-state index contributed by atoms with van der Waals surface area (Å²) in [5, 5.41) is 7.26. The fraction of sp³-hybridized carbons (Fsp3) is 0.385. The second-order valence-corrected chi connectivity index (χ2v) is 5.06. The van der Waals surface area contributed by atoms with Crippen LogP contribution in [0.25, 0.3) is 0 Å². The fourth-order valence-electron chi connectivity index (χ4n) is 1.51. The first kappa shape index (κ1) is 13.0. The van der Waals surface area contributed by atoms with E-state index in [2.05, 4.69) is 22.4 Å². The van der Waals surface area contributed by atoms with Gasteiger partial charge in [0.25, 0.3) is 0 Å². The molecular formula is C13H17N3OS. The van der Waals surface area contributed by atoms with Crippen molar-refractivity contribution in [3.8, 4) is 0 Å². The molecule has 18 heavy (non-hydrogen) atoms. The Morgan fingerprint density at radius 3 is 2.89 bits per heavy atom. The average molecular weight is 263 g/mol. The van der Waals surface area contributed by atoms with Crippen molar-refractivity contribution in [2.75, 3.05) is 17.6 Å². The molecule has 0 aliphatic heterocycles. The van der Waals surface area contributed by atoms with Crippen LogP contribution >= 0.6 is 11.8 Å². The molecule has 1 heterocycles. The number of hydrogen-bond acceptors (Lipinski definition) is 5. The van der Waals surface area contributed by atoms with Crippen molar-refractivity contribution < 1.29 is 4.52 Å². The highest BCUT2D eigenvalue weighted by molar-refractivity contribution is 7.98. The number of benzene rings is 1. The minimum Gasteiger partial charge on any atom is -0.385 e. The maximum Gasteiger partial charge on any atom is 0.228 e. The van der Waals surface area contributed by atoms with E-state index < -0.39 is 0 Å². The van der Waals surface area contributed by atoms with E-state index in [9.17, 15) is 0 Å². The molecule has 0 aliphatic rings. The molecule has 1 aromatic heterocycles. The molecular weight excluding hydrogens is 246 g/mol. The molecule has 0 amide bonds. The van der Waals surface area contributed by atoms with Crippen LogP contribution in [-0.4, -0.2) is 22.4 Å². The maximum absolute atomic E-state index is 5.19. The standard InChI is InChI=1S/C13H17N3OS/c1-2-18-10-12-15-13(17-16-12)8-9-14-11-6-4-3-5-7-11/h3-7,14H,2,8-10H2,1H3. The predicted octanol–water partition coefficient (Wildman–Crippen LogP) is 2.98. The molecule has 1 aromatic carbocycles. The van der Waals surface area contributed by atoms with Crippen molar-refractivity contribution in [3.63, 3.8) is 0 Å². The van der Waals surface area contributed by atoms with Gasteiger partial charge in [0.15, 0.2) is 5.82 Å². The van der Waals surface area contributed by atoms with E-state index in [0.29, 0.717) is 5.89 Å². The molecule has 0 radical (unpaired) electrons. The average Bonchev–Trinajstić information content (AvgIpc) is 2.85. The quantitative estimate of drug-likeness (QED) is 0.832. The summed E-state index contributed by atoms with van der Waals surface area (Å²) in [6.07, 6.45) is 0.749. The van der Waals surface area contributed by atoms with Crippen molar-refractivity contribution in [1.82, 2.24) is 10.1 Å². The molecule has 0 atom stereocenters. The van der Waals surface area contributed by atoms with Gasteiger partial charge in [0.05, 0.1) is 5.75 Å². The van der Waals surface area contributed by atoms with Gasteiger partial charge in [0.2, 0.25) is 5.89 Å². The van der Waals surface area contributed by atoms with Gasteiger partial charge in [-0.2, -0.15) is 16.7 Å². The van der Waals surface area contributed by atoms with Crippen molar-refractivity contribution >= 4 is 17.4 Å². The molecule has 96 valence electrons. The van der Waals surface area contributed by atoms with E-state index in [1.54, 1.807) is 11.8 Å². The van der Waals surface area contributed by atoms with Crippen molar-refractivity contribution in [1.29, 1.82) is 0 Å². The van der Waals surface area contributed by atoms with Crippen LogP contribution < -0.4 is 5.32 Å². The number of nitrogens with zero attached hydrogens (tertiary/aromatic N) is 2. The van der Waals surface area contributed by atoms with E-state index in [-0.39, 0.29) is 0 Å². The largest absolute Gasteiger partial charge is 0.385 e. The van der Waals surface area contributed by atoms with Gasteiger partial charge in [-0.05, 0) is 17.9 Å². The van der Waals surface area contributed by atoms with Crippen molar-refractivity contribution in [2.24, 2.45) is 0 Å². The van der Waals surface area contributed by atoms with E-state index >= 15 is 0 Å². The molecule has 0 bridgehead atoms. The third kappa shape index (κ3) is 4.07. The van der Waals surface area contributed by atoms with Gasteiger partial charge in [-0.25, -0.2) is 0 Å². The summed E-state index contributed by atoms with van der Waals surface area (Å²) < 4.78 is 5.19. The molecule has 1 N–H and O–H groups in total. The third-order valence-electron chi connectivity index (χ3n) is 2.39. The van der Waals surface area contributed by atoms with Crippen LogP contribution in [0.15, 0.2) is 34.9 Å². The number of thioether (sulfide) groups is 1. The van der Waals surface area contributed by atoms with E-state index in [4.69, 9.17) is 4.52 Å². The monoisotopic (exact) mass is 263 g/mol. The SMILES string of the molecule is CCSCc1noc(CCNc2ccccc2)n1. The predicted molar refractivity (Wildman–Crippen MR) is 74.8 cm³/mol. The number of hydrogen-bond donors (Lipinski definition) is 1. The lowest BCUT2D eigenvalue weighted by Crippen LogP contribution is -2.04. The summed E-state index contributed by atoms with van der Waals surface area (Å²) in [7, 11) is 0. The summed E-state index contributed by atoms with van der Waals surface area (Å²) in [6, 6.07) is 10.1. The van der Waals surface area contributed by atoms with Crippen molar-refractivity contribution in [3.05, 3.63) is 42.0 Å². The summed E-state index contributed by atoms with van der Waals surface area (Å²) in [4.78, 5) is 4.34. The topological polar surface area (TPSA) is 51.0 Å². The Labute approximate surface area is 111 Å². The lowest BCUT2D eigenvalue weighted by Gasteiger charge is -2.02. The number of para-hydroxylation sites is 1. The number of rotatable bonds is 7. The molecule has 4 nitrogen and oxygen atoms in total. The van der Waals surface area contributed by atoms with Gasteiger partial charge in [0.1, 0.15) is 0 Å². The Bertz CT molecular complexity index is 458. The molecule has 2 aromatic rings. The minimum absolute atomic E-state index is 0.699. The fourth-order valence-corrected chi connectivity index (χ4v) is 2.02. The normalized spacial score (nSPS) is 10.5. The first-order valence-electron chi connectivity index (χ1n) is 6.06. The highest BCUT2D eigenvalue weighted by Crippen LogP contribution is 2.09. The Morgan fingerprint density at radius 2 is 2.11 bits per heavy atom. The van der Waals surface area contributed by atoms with E-state index in [1.807, 2.05) is 30.3 Å². The van der Waals surface area contributed by atoms with Gasteiger partial charge in [-0.1, -0.05) is 30.3 Å². The summed E-state index contributed by atoms with van der Waals surface area (Å²) in [5.41, 5.74) is 1.11. The Kier molecular flexibility index (Phi) is 5.08. The van der Waals surface area contributed by atoms with Crippen molar-refractivity contribution in [2.45, 2.75) is 19.1 Å². The summed E-state index contributed by atoms with van der Waals surface area (Å²) in [5.74, 6) is 3.38. The summed E-state index contributed by atoms with van der Waals surface area (Å²) in [6.45, 7) is 2.92. The number of anilines is 1. The van der Waals surface area contributed by atoms with Gasteiger partial charge < -0.3 is 9.84 Å². The molecule has 0 spiro atoms. The molecule has 5 heteroatoms. The lowest BCUT2D eigenvalue weighted by atomic mass is 10.3. The third-order valence-corrected chi connectivity index (χ3v) is 3.26. The molecule has 2 rings (SSSR count). The second kappa shape index (κ2) is 7.06. The zero-order valence-electron chi connectivity index (χ0n) is 10.4. The van der Waals surface area contributed by atoms with E-state index in [0.717, 1.165) is 36.0 Å². The Hall–Kier alpha value is -1.49. The minimum atomic E-state index is 0.699. The zero-order chi connectivity index (χ0) is 12.6. The maximum atomic E-state index is 5.19. The van der Waals surface area contributed by atoms with Crippen LogP contribution in [0.1, 0.15) is 18.6 Å². The Balaban J connectivity index is 1.75. The van der Waals surface area contributed by atoms with Gasteiger partial charge >= 0.3 is 0 Å². The molecule has 0 unspecified atom stereocenters. The van der Waals surface area contributed by atoms with Crippen LogP contribution in [0.2, 0.25) is 0 Å². The highest BCUT2D eigenvalue weighted by Gasteiger charge is 2.05.